The van der Waals surface area contributed by atoms with Gasteiger partial charge in [-0.3, -0.25) is 4.79 Å². The number of nitrogens with zero attached hydrogens (tertiary/aromatic N) is 1. The smallest absolute Gasteiger partial charge is 0.224 e. The van der Waals surface area contributed by atoms with Crippen LogP contribution in [0.5, 0.6) is 0 Å². The third-order valence-corrected chi connectivity index (χ3v) is 3.54. The normalized spacial score (nSPS) is 10.7. The number of nitrogens with one attached hydrogen (secondary N) is 1. The van der Waals surface area contributed by atoms with Gasteiger partial charge >= 0.3 is 0 Å². The highest BCUT2D eigenvalue weighted by Crippen LogP contribution is 2.10. The van der Waals surface area contributed by atoms with Crippen LogP contribution < -0.4 is 5.32 Å². The SMILES string of the molecule is CN(C)Cc1ccc(CNC(=O)Cc2ccc(Cl)cc2)cc1. The molecular weight excluding hydrogens is 296 g/mol. The van der Waals surface area contributed by atoms with Crippen molar-refractivity contribution in [1.82, 2.24) is 10.2 Å². The van der Waals surface area contributed by atoms with E-state index >= 15 is 0 Å². The summed E-state index contributed by atoms with van der Waals surface area (Å²) < 4.78 is 0. The lowest BCUT2D eigenvalue weighted by Gasteiger charge is -2.10. The summed E-state index contributed by atoms with van der Waals surface area (Å²) in [7, 11) is 4.09. The molecule has 0 unspecified atom stereocenters. The summed E-state index contributed by atoms with van der Waals surface area (Å²) in [5, 5.41) is 3.62. The van der Waals surface area contributed by atoms with Gasteiger partial charge in [-0.25, -0.2) is 0 Å². The summed E-state index contributed by atoms with van der Waals surface area (Å²) in [6.45, 7) is 1.47. The number of hydrogen-bond donors (Lipinski definition) is 1. The lowest BCUT2D eigenvalue weighted by Crippen LogP contribution is -2.24. The maximum atomic E-state index is 11.9. The van der Waals surface area contributed by atoms with Gasteiger partial charge < -0.3 is 10.2 Å². The van der Waals surface area contributed by atoms with Crippen LogP contribution in [-0.4, -0.2) is 24.9 Å². The number of carbonyl (C=O) groups excluding carboxylic acids is 1. The van der Waals surface area contributed by atoms with E-state index in [9.17, 15) is 4.79 Å². The Morgan fingerprint density at radius 1 is 0.955 bits per heavy atom. The molecule has 0 heterocycles. The van der Waals surface area contributed by atoms with Crippen LogP contribution in [0.15, 0.2) is 48.5 Å². The molecule has 0 aliphatic heterocycles. The summed E-state index contributed by atoms with van der Waals surface area (Å²) >= 11 is 5.83. The molecule has 0 aromatic heterocycles. The molecule has 1 N–H and O–H groups in total. The second-order valence-electron chi connectivity index (χ2n) is 5.63. The topological polar surface area (TPSA) is 32.3 Å². The summed E-state index contributed by atoms with van der Waals surface area (Å²) in [5.74, 6) is 0.0136. The quantitative estimate of drug-likeness (QED) is 0.887. The summed E-state index contributed by atoms with van der Waals surface area (Å²) in [4.78, 5) is 14.1. The standard InChI is InChI=1S/C18H21ClN2O/c1-21(2)13-16-5-3-15(4-6-16)12-20-18(22)11-14-7-9-17(19)10-8-14/h3-10H,11-13H2,1-2H3,(H,20,22). The average molecular weight is 317 g/mol. The predicted octanol–water partition coefficient (Wildman–Crippen LogP) is 3.26. The third-order valence-electron chi connectivity index (χ3n) is 3.29. The molecule has 0 fully saturated rings. The molecule has 0 spiro atoms. The molecule has 0 atom stereocenters. The van der Waals surface area contributed by atoms with Crippen LogP contribution in [0.4, 0.5) is 0 Å². The molecule has 0 radical (unpaired) electrons. The molecule has 3 nitrogen and oxygen atoms in total. The number of rotatable bonds is 6. The number of benzene rings is 2. The Bertz CT molecular complexity index is 606. The van der Waals surface area contributed by atoms with E-state index < -0.39 is 0 Å². The van der Waals surface area contributed by atoms with Crippen LogP contribution in [0.1, 0.15) is 16.7 Å². The molecule has 2 aromatic carbocycles. The maximum absolute atomic E-state index is 11.9. The van der Waals surface area contributed by atoms with Crippen molar-refractivity contribution in [2.75, 3.05) is 14.1 Å². The van der Waals surface area contributed by atoms with Crippen molar-refractivity contribution in [3.8, 4) is 0 Å². The monoisotopic (exact) mass is 316 g/mol. The van der Waals surface area contributed by atoms with Gasteiger partial charge in [-0.1, -0.05) is 48.0 Å². The van der Waals surface area contributed by atoms with Gasteiger partial charge in [-0.2, -0.15) is 0 Å². The van der Waals surface area contributed by atoms with Gasteiger partial charge in [0.15, 0.2) is 0 Å². The average Bonchev–Trinajstić information content (AvgIpc) is 2.48. The van der Waals surface area contributed by atoms with Gasteiger partial charge in [0.25, 0.3) is 0 Å². The Morgan fingerprint density at radius 3 is 2.09 bits per heavy atom. The Balaban J connectivity index is 1.81. The van der Waals surface area contributed by atoms with Gasteiger partial charge in [0.05, 0.1) is 6.42 Å². The molecule has 116 valence electrons. The van der Waals surface area contributed by atoms with Crippen molar-refractivity contribution < 1.29 is 4.79 Å². The number of halogens is 1. The zero-order chi connectivity index (χ0) is 15.9. The van der Waals surface area contributed by atoms with Gasteiger partial charge in [-0.15, -0.1) is 0 Å². The summed E-state index contributed by atoms with van der Waals surface area (Å²) in [6, 6.07) is 15.7. The molecule has 2 aromatic rings. The molecule has 4 heteroatoms. The van der Waals surface area contributed by atoms with Crippen LogP contribution >= 0.6 is 11.6 Å². The van der Waals surface area contributed by atoms with Crippen LogP contribution in [0.3, 0.4) is 0 Å². The molecule has 0 saturated heterocycles. The second kappa shape index (κ2) is 7.97. The van der Waals surface area contributed by atoms with Crippen molar-refractivity contribution in [2.45, 2.75) is 19.5 Å². The van der Waals surface area contributed by atoms with E-state index in [1.165, 1.54) is 5.56 Å². The number of amides is 1. The second-order valence-corrected chi connectivity index (χ2v) is 6.07. The fraction of sp³-hybridized carbons (Fsp3) is 0.278. The molecule has 0 aliphatic rings. The first-order valence-electron chi connectivity index (χ1n) is 7.26. The van der Waals surface area contributed by atoms with Gasteiger partial charge in [0, 0.05) is 18.1 Å². The Hall–Kier alpha value is -1.84. The highest BCUT2D eigenvalue weighted by Gasteiger charge is 2.04. The van der Waals surface area contributed by atoms with E-state index in [2.05, 4.69) is 34.5 Å². The van der Waals surface area contributed by atoms with E-state index in [4.69, 9.17) is 11.6 Å². The Kier molecular flexibility index (Phi) is 5.99. The van der Waals surface area contributed by atoms with E-state index in [0.717, 1.165) is 17.7 Å². The fourth-order valence-corrected chi connectivity index (χ4v) is 2.30. The molecule has 0 aliphatic carbocycles. The number of carbonyl (C=O) groups is 1. The molecule has 0 bridgehead atoms. The largest absolute Gasteiger partial charge is 0.352 e. The van der Waals surface area contributed by atoms with E-state index in [1.807, 2.05) is 26.2 Å². The van der Waals surface area contributed by atoms with Crippen LogP contribution in [-0.2, 0) is 24.3 Å². The van der Waals surface area contributed by atoms with Crippen molar-refractivity contribution in [2.24, 2.45) is 0 Å². The van der Waals surface area contributed by atoms with E-state index in [1.54, 1.807) is 12.1 Å². The molecule has 0 saturated carbocycles. The third kappa shape index (κ3) is 5.51. The van der Waals surface area contributed by atoms with Crippen LogP contribution in [0.25, 0.3) is 0 Å². The van der Waals surface area contributed by atoms with Gasteiger partial charge in [-0.05, 0) is 42.9 Å². The highest BCUT2D eigenvalue weighted by atomic mass is 35.5. The van der Waals surface area contributed by atoms with Crippen LogP contribution in [0.2, 0.25) is 5.02 Å². The minimum Gasteiger partial charge on any atom is -0.352 e. The van der Waals surface area contributed by atoms with Crippen molar-refractivity contribution in [3.63, 3.8) is 0 Å². The summed E-state index contributed by atoms with van der Waals surface area (Å²) in [6.07, 6.45) is 0.371. The Labute approximate surface area is 136 Å². The van der Waals surface area contributed by atoms with Crippen molar-refractivity contribution in [1.29, 1.82) is 0 Å². The zero-order valence-electron chi connectivity index (χ0n) is 13.0. The zero-order valence-corrected chi connectivity index (χ0v) is 13.7. The Morgan fingerprint density at radius 2 is 1.50 bits per heavy atom. The fourth-order valence-electron chi connectivity index (χ4n) is 2.18. The van der Waals surface area contributed by atoms with Gasteiger partial charge in [0.2, 0.25) is 5.91 Å². The molecular formula is C18H21ClN2O. The lowest BCUT2D eigenvalue weighted by molar-refractivity contribution is -0.120. The van der Waals surface area contributed by atoms with Crippen molar-refractivity contribution in [3.05, 3.63) is 70.2 Å². The maximum Gasteiger partial charge on any atom is 0.224 e. The first kappa shape index (κ1) is 16.5. The van der Waals surface area contributed by atoms with E-state index in [0.29, 0.717) is 18.0 Å². The molecule has 22 heavy (non-hydrogen) atoms. The lowest BCUT2D eigenvalue weighted by atomic mass is 10.1. The first-order valence-corrected chi connectivity index (χ1v) is 7.64. The van der Waals surface area contributed by atoms with Crippen LogP contribution in [0, 0.1) is 0 Å². The van der Waals surface area contributed by atoms with E-state index in [-0.39, 0.29) is 5.91 Å². The van der Waals surface area contributed by atoms with Crippen molar-refractivity contribution >= 4 is 17.5 Å². The minimum atomic E-state index is 0.0136. The van der Waals surface area contributed by atoms with Gasteiger partial charge in [0.1, 0.15) is 0 Å². The number of hydrogen-bond acceptors (Lipinski definition) is 2. The molecule has 1 amide bonds. The molecule has 2 rings (SSSR count). The minimum absolute atomic E-state index is 0.0136. The highest BCUT2D eigenvalue weighted by molar-refractivity contribution is 6.30. The first-order chi connectivity index (χ1) is 10.5. The summed E-state index contributed by atoms with van der Waals surface area (Å²) in [5.41, 5.74) is 3.33. The predicted molar refractivity (Wildman–Crippen MR) is 90.8 cm³/mol.